The topological polar surface area (TPSA) is 83.5 Å². The Bertz CT molecular complexity index is 1410. The Morgan fingerprint density at radius 3 is 2.32 bits per heavy atom. The van der Waals surface area contributed by atoms with Gasteiger partial charge in [0.25, 0.3) is 0 Å². The quantitative estimate of drug-likeness (QED) is 0.378. The van der Waals surface area contributed by atoms with Crippen LogP contribution in [0.2, 0.25) is 0 Å². The predicted molar refractivity (Wildman–Crippen MR) is 133 cm³/mol. The van der Waals surface area contributed by atoms with E-state index in [1.54, 1.807) is 25.1 Å². The Balaban J connectivity index is 1.53. The molecule has 1 aromatic heterocycles. The summed E-state index contributed by atoms with van der Waals surface area (Å²) in [6.45, 7) is 0.187. The van der Waals surface area contributed by atoms with E-state index in [1.165, 1.54) is 28.6 Å². The van der Waals surface area contributed by atoms with Crippen LogP contribution in [0, 0.1) is 5.82 Å². The van der Waals surface area contributed by atoms with Crippen molar-refractivity contribution in [3.8, 4) is 11.3 Å². The van der Waals surface area contributed by atoms with Gasteiger partial charge in [0.1, 0.15) is 5.82 Å². The minimum absolute atomic E-state index is 0.0104. The van der Waals surface area contributed by atoms with Gasteiger partial charge >= 0.3 is 6.18 Å². The van der Waals surface area contributed by atoms with Crippen molar-refractivity contribution in [2.75, 3.05) is 25.5 Å². The smallest absolute Gasteiger partial charge is 0.347 e. The second-order valence-electron chi connectivity index (χ2n) is 9.21. The number of benzene rings is 2. The summed E-state index contributed by atoms with van der Waals surface area (Å²) in [7, 11) is -0.534. The molecule has 38 heavy (non-hydrogen) atoms. The van der Waals surface area contributed by atoms with E-state index in [4.69, 9.17) is 0 Å². The molecule has 1 atom stereocenters. The highest BCUT2D eigenvalue weighted by atomic mass is 32.2. The van der Waals surface area contributed by atoms with E-state index in [0.29, 0.717) is 35.7 Å². The van der Waals surface area contributed by atoms with Crippen molar-refractivity contribution in [2.45, 2.75) is 42.8 Å². The normalized spacial score (nSPS) is 16.5. The van der Waals surface area contributed by atoms with Crippen molar-refractivity contribution in [2.24, 2.45) is 0 Å². The molecule has 7 nitrogen and oxygen atoms in total. The van der Waals surface area contributed by atoms with Gasteiger partial charge in [-0.05, 0) is 61.7 Å². The van der Waals surface area contributed by atoms with E-state index in [9.17, 15) is 30.8 Å². The van der Waals surface area contributed by atoms with Gasteiger partial charge < -0.3 is 4.90 Å². The summed E-state index contributed by atoms with van der Waals surface area (Å²) in [5.74, 6) is -0.504. The van der Waals surface area contributed by atoms with E-state index in [-0.39, 0.29) is 30.1 Å². The van der Waals surface area contributed by atoms with E-state index in [0.717, 1.165) is 24.3 Å². The molecule has 0 saturated carbocycles. The molecule has 202 valence electrons. The molecule has 1 saturated heterocycles. The van der Waals surface area contributed by atoms with Gasteiger partial charge in [0.2, 0.25) is 16.0 Å². The Morgan fingerprint density at radius 2 is 1.71 bits per heavy atom. The van der Waals surface area contributed by atoms with Gasteiger partial charge in [-0.1, -0.05) is 12.1 Å². The summed E-state index contributed by atoms with van der Waals surface area (Å²) in [6.07, 6.45) is -3.36. The second kappa shape index (κ2) is 10.8. The fourth-order valence-electron chi connectivity index (χ4n) is 4.30. The van der Waals surface area contributed by atoms with Crippen LogP contribution in [-0.4, -0.2) is 55.2 Å². The number of ketones is 1. The first-order valence-electron chi connectivity index (χ1n) is 11.9. The maximum atomic E-state index is 13.3. The zero-order valence-corrected chi connectivity index (χ0v) is 21.6. The molecule has 1 fully saturated rings. The fraction of sp³-hybridized carbons (Fsp3) is 0.346. The van der Waals surface area contributed by atoms with E-state index in [1.807, 2.05) is 0 Å². The monoisotopic (exact) mass is 550 g/mol. The molecule has 2 heterocycles. The summed E-state index contributed by atoms with van der Waals surface area (Å²) in [5.41, 5.74) is 0.591. The van der Waals surface area contributed by atoms with Gasteiger partial charge in [-0.15, -0.1) is 0 Å². The van der Waals surface area contributed by atoms with Gasteiger partial charge in [-0.2, -0.15) is 17.5 Å². The minimum atomic E-state index is -4.46. The Hall–Kier alpha value is -3.38. The number of hydrogen-bond acceptors (Lipinski definition) is 6. The van der Waals surface area contributed by atoms with Crippen molar-refractivity contribution in [1.29, 1.82) is 0 Å². The number of carbonyl (C=O) groups is 1. The standard InChI is InChI=1S/C26H26F4N4O3S/c1-33(2)25-31-20(16-22(32-25)17-5-7-18(8-6-17)26(28,29)30)11-14-24(35)23-4-3-15-34(23)38(36,37)21-12-9-19(27)10-13-21/h5-10,12-13,16,23H,3-4,11,14-15H2,1-2H3/t23-/m0/s1. The first-order valence-corrected chi connectivity index (χ1v) is 13.3. The highest BCUT2D eigenvalue weighted by molar-refractivity contribution is 7.89. The number of sulfonamides is 1. The van der Waals surface area contributed by atoms with Crippen LogP contribution in [0.5, 0.6) is 0 Å². The lowest BCUT2D eigenvalue weighted by Crippen LogP contribution is -2.40. The molecule has 0 amide bonds. The van der Waals surface area contributed by atoms with Crippen molar-refractivity contribution < 1.29 is 30.8 Å². The minimum Gasteiger partial charge on any atom is -0.347 e. The summed E-state index contributed by atoms with van der Waals surface area (Å²) in [6, 6.07) is 9.87. The van der Waals surface area contributed by atoms with Gasteiger partial charge in [-0.25, -0.2) is 22.8 Å². The van der Waals surface area contributed by atoms with E-state index in [2.05, 4.69) is 9.97 Å². The predicted octanol–water partition coefficient (Wildman–Crippen LogP) is 4.72. The largest absolute Gasteiger partial charge is 0.416 e. The molecule has 0 aliphatic carbocycles. The molecular weight excluding hydrogens is 524 g/mol. The van der Waals surface area contributed by atoms with Crippen LogP contribution in [0.3, 0.4) is 0 Å². The van der Waals surface area contributed by atoms with Crippen LogP contribution in [0.25, 0.3) is 11.3 Å². The van der Waals surface area contributed by atoms with E-state index >= 15 is 0 Å². The third-order valence-corrected chi connectivity index (χ3v) is 8.22. The summed E-state index contributed by atoms with van der Waals surface area (Å²) in [4.78, 5) is 23.6. The SMILES string of the molecule is CN(C)c1nc(CCC(=O)[C@@H]2CCCN2S(=O)(=O)c2ccc(F)cc2)cc(-c2ccc(C(F)(F)F)cc2)n1. The highest BCUT2D eigenvalue weighted by Crippen LogP contribution is 2.31. The average Bonchev–Trinajstić information content (AvgIpc) is 3.38. The lowest BCUT2D eigenvalue weighted by Gasteiger charge is -2.23. The van der Waals surface area contributed by atoms with Crippen LogP contribution in [0.1, 0.15) is 30.5 Å². The number of carbonyl (C=O) groups excluding carboxylic acids is 1. The second-order valence-corrected chi connectivity index (χ2v) is 11.1. The molecule has 1 aliphatic rings. The van der Waals surface area contributed by atoms with Crippen LogP contribution < -0.4 is 4.90 Å². The number of aryl methyl sites for hydroxylation is 1. The van der Waals surface area contributed by atoms with Crippen molar-refractivity contribution in [3.05, 3.63) is 71.7 Å². The number of Topliss-reactive ketones (excluding diaryl/α,β-unsaturated/α-hetero) is 1. The van der Waals surface area contributed by atoms with Crippen LogP contribution in [0.4, 0.5) is 23.5 Å². The van der Waals surface area contributed by atoms with Crippen LogP contribution in [-0.2, 0) is 27.4 Å². The molecule has 0 bridgehead atoms. The van der Waals surface area contributed by atoms with Crippen LogP contribution >= 0.6 is 0 Å². The Kier molecular flexibility index (Phi) is 7.84. The number of halogens is 4. The molecule has 12 heteroatoms. The number of rotatable bonds is 8. The van der Waals surface area contributed by atoms with Gasteiger partial charge in [0, 0.05) is 38.3 Å². The molecular formula is C26H26F4N4O3S. The Labute approximate surface area is 218 Å². The maximum Gasteiger partial charge on any atom is 0.416 e. The van der Waals surface area contributed by atoms with Crippen molar-refractivity contribution in [1.82, 2.24) is 14.3 Å². The third kappa shape index (κ3) is 6.02. The summed E-state index contributed by atoms with van der Waals surface area (Å²) >= 11 is 0. The first kappa shape index (κ1) is 27.6. The van der Waals surface area contributed by atoms with Crippen LogP contribution in [0.15, 0.2) is 59.5 Å². The van der Waals surface area contributed by atoms with Gasteiger partial charge in [0.15, 0.2) is 5.78 Å². The summed E-state index contributed by atoms with van der Waals surface area (Å²) in [5, 5.41) is 0. The molecule has 3 aromatic rings. The zero-order valence-electron chi connectivity index (χ0n) is 20.7. The highest BCUT2D eigenvalue weighted by Gasteiger charge is 2.39. The van der Waals surface area contributed by atoms with Crippen molar-refractivity contribution in [3.63, 3.8) is 0 Å². The number of alkyl halides is 3. The third-order valence-electron chi connectivity index (χ3n) is 6.30. The van der Waals surface area contributed by atoms with Gasteiger partial charge in [0.05, 0.1) is 22.2 Å². The fourth-order valence-corrected chi connectivity index (χ4v) is 5.98. The van der Waals surface area contributed by atoms with Crippen molar-refractivity contribution >= 4 is 21.8 Å². The average molecular weight is 551 g/mol. The number of anilines is 1. The summed E-state index contributed by atoms with van der Waals surface area (Å²) < 4.78 is 79.5. The lowest BCUT2D eigenvalue weighted by atomic mass is 10.0. The maximum absolute atomic E-state index is 13.3. The molecule has 0 unspecified atom stereocenters. The molecule has 0 N–H and O–H groups in total. The molecule has 0 spiro atoms. The van der Waals surface area contributed by atoms with Gasteiger partial charge in [-0.3, -0.25) is 4.79 Å². The number of hydrogen-bond donors (Lipinski definition) is 0. The number of aromatic nitrogens is 2. The first-order chi connectivity index (χ1) is 17.9. The van der Waals surface area contributed by atoms with E-state index < -0.39 is 33.6 Å². The molecule has 4 rings (SSSR count). The number of nitrogens with zero attached hydrogens (tertiary/aromatic N) is 4. The lowest BCUT2D eigenvalue weighted by molar-refractivity contribution is -0.137. The zero-order chi connectivity index (χ0) is 27.7. The molecule has 1 aliphatic heterocycles. The molecule has 2 aromatic carbocycles. The molecule has 0 radical (unpaired) electrons. The Morgan fingerprint density at radius 1 is 1.05 bits per heavy atom.